The van der Waals surface area contributed by atoms with Gasteiger partial charge in [-0.1, -0.05) is 26.0 Å². The molecule has 28 heavy (non-hydrogen) atoms. The maximum absolute atomic E-state index is 12.5. The van der Waals surface area contributed by atoms with Crippen LogP contribution < -0.4 is 4.74 Å². The van der Waals surface area contributed by atoms with Crippen LogP contribution in [0.15, 0.2) is 24.3 Å². The summed E-state index contributed by atoms with van der Waals surface area (Å²) in [6.07, 6.45) is 8.81. The normalized spacial score (nSPS) is 34.2. The zero-order valence-corrected chi connectivity index (χ0v) is 17.8. The Morgan fingerprint density at radius 1 is 1.07 bits per heavy atom. The Balaban J connectivity index is 1.21. The summed E-state index contributed by atoms with van der Waals surface area (Å²) in [5, 5.41) is 0. The average Bonchev–Trinajstić information content (AvgIpc) is 2.69. The largest absolute Gasteiger partial charge is 0.494 e. The molecule has 154 valence electrons. The molecule has 1 atom stereocenters. The Morgan fingerprint density at radius 2 is 1.68 bits per heavy atom. The monoisotopic (exact) mass is 384 g/mol. The van der Waals surface area contributed by atoms with E-state index in [2.05, 4.69) is 32.9 Å². The zero-order valence-electron chi connectivity index (χ0n) is 17.8. The summed E-state index contributed by atoms with van der Waals surface area (Å²) in [7, 11) is 0. The fourth-order valence-electron chi connectivity index (χ4n) is 6.12. The lowest BCUT2D eigenvalue weighted by atomic mass is 9.50. The first-order chi connectivity index (χ1) is 13.5. The molecule has 0 spiro atoms. The number of hydrogen-bond donors (Lipinski definition) is 0. The van der Waals surface area contributed by atoms with Crippen molar-refractivity contribution in [1.82, 2.24) is 0 Å². The van der Waals surface area contributed by atoms with Gasteiger partial charge in [0.15, 0.2) is 0 Å². The molecule has 0 heterocycles. The fraction of sp³-hybridized carbons (Fsp3) is 0.720. The SMILES string of the molecule is CCC(C)c1ccc(OCCCC(=O)OC2(C)C3CC4CC(C3)CC2C4)cc1. The van der Waals surface area contributed by atoms with E-state index in [1.54, 1.807) is 0 Å². The lowest BCUT2D eigenvalue weighted by Gasteiger charge is -2.59. The molecule has 3 heteroatoms. The van der Waals surface area contributed by atoms with E-state index < -0.39 is 0 Å². The summed E-state index contributed by atoms with van der Waals surface area (Å²) in [6.45, 7) is 7.22. The van der Waals surface area contributed by atoms with E-state index >= 15 is 0 Å². The van der Waals surface area contributed by atoms with Gasteiger partial charge < -0.3 is 9.47 Å². The average molecular weight is 385 g/mol. The molecule has 4 aliphatic carbocycles. The van der Waals surface area contributed by atoms with E-state index in [4.69, 9.17) is 9.47 Å². The lowest BCUT2D eigenvalue weighted by Crippen LogP contribution is -2.58. The predicted octanol–water partition coefficient (Wildman–Crippen LogP) is 6.12. The van der Waals surface area contributed by atoms with Gasteiger partial charge in [-0.2, -0.15) is 0 Å². The van der Waals surface area contributed by atoms with Crippen molar-refractivity contribution in [3.63, 3.8) is 0 Å². The highest BCUT2D eigenvalue weighted by Gasteiger charge is 2.56. The van der Waals surface area contributed by atoms with Crippen molar-refractivity contribution >= 4 is 5.97 Å². The summed E-state index contributed by atoms with van der Waals surface area (Å²) in [5.41, 5.74) is 1.14. The summed E-state index contributed by atoms with van der Waals surface area (Å²) in [4.78, 5) is 12.5. The van der Waals surface area contributed by atoms with Gasteiger partial charge in [0, 0.05) is 6.42 Å². The van der Waals surface area contributed by atoms with Gasteiger partial charge in [-0.05, 0) is 99.2 Å². The molecular weight excluding hydrogens is 348 g/mol. The Kier molecular flexibility index (Phi) is 5.71. The van der Waals surface area contributed by atoms with Crippen molar-refractivity contribution in [3.05, 3.63) is 29.8 Å². The van der Waals surface area contributed by atoms with Crippen LogP contribution in [-0.2, 0) is 9.53 Å². The molecule has 4 fully saturated rings. The maximum Gasteiger partial charge on any atom is 0.306 e. The Bertz CT molecular complexity index is 650. The van der Waals surface area contributed by atoms with Gasteiger partial charge in [0.2, 0.25) is 0 Å². The first-order valence-corrected chi connectivity index (χ1v) is 11.4. The number of esters is 1. The minimum absolute atomic E-state index is 0.0364. The number of carbonyl (C=O) groups is 1. The molecule has 1 aromatic rings. The number of rotatable bonds is 8. The molecule has 0 saturated heterocycles. The van der Waals surface area contributed by atoms with Gasteiger partial charge in [0.1, 0.15) is 11.4 Å². The smallest absolute Gasteiger partial charge is 0.306 e. The molecule has 0 N–H and O–H groups in total. The van der Waals surface area contributed by atoms with E-state index in [9.17, 15) is 4.79 Å². The van der Waals surface area contributed by atoms with Crippen LogP contribution in [-0.4, -0.2) is 18.2 Å². The van der Waals surface area contributed by atoms with E-state index in [0.29, 0.717) is 37.2 Å². The molecule has 4 saturated carbocycles. The highest BCUT2D eigenvalue weighted by molar-refractivity contribution is 5.70. The molecule has 1 aromatic carbocycles. The minimum Gasteiger partial charge on any atom is -0.494 e. The van der Waals surface area contributed by atoms with Gasteiger partial charge in [-0.25, -0.2) is 0 Å². The predicted molar refractivity (Wildman–Crippen MR) is 111 cm³/mol. The summed E-state index contributed by atoms with van der Waals surface area (Å²) >= 11 is 0. The molecule has 0 amide bonds. The van der Waals surface area contributed by atoms with Crippen LogP contribution >= 0.6 is 0 Å². The van der Waals surface area contributed by atoms with E-state index in [0.717, 1.165) is 24.0 Å². The first-order valence-electron chi connectivity index (χ1n) is 11.4. The van der Waals surface area contributed by atoms with Crippen molar-refractivity contribution in [2.75, 3.05) is 6.61 Å². The molecule has 3 nitrogen and oxygen atoms in total. The number of hydrogen-bond acceptors (Lipinski definition) is 3. The minimum atomic E-state index is -0.211. The van der Waals surface area contributed by atoms with Crippen molar-refractivity contribution in [1.29, 1.82) is 0 Å². The third-order valence-electron chi connectivity index (χ3n) is 7.95. The van der Waals surface area contributed by atoms with Crippen LogP contribution in [0.5, 0.6) is 5.75 Å². The number of carbonyl (C=O) groups excluding carboxylic acids is 1. The Labute approximate surface area is 170 Å². The number of ether oxygens (including phenoxy) is 2. The van der Waals surface area contributed by atoms with E-state index in [-0.39, 0.29) is 11.6 Å². The van der Waals surface area contributed by atoms with Gasteiger partial charge in [-0.3, -0.25) is 4.79 Å². The van der Waals surface area contributed by atoms with Crippen molar-refractivity contribution in [2.45, 2.75) is 83.7 Å². The number of benzene rings is 1. The third-order valence-corrected chi connectivity index (χ3v) is 7.95. The molecule has 4 aliphatic rings. The zero-order chi connectivity index (χ0) is 19.7. The summed E-state index contributed by atoms with van der Waals surface area (Å²) in [5.74, 6) is 4.40. The standard InChI is InChI=1S/C25H36O3/c1-4-17(2)20-7-9-23(10-8-20)27-11-5-6-24(26)28-25(3)21-13-18-12-19(15-21)16-22(25)14-18/h7-10,17-19,21-22H,4-6,11-16H2,1-3H3. The quantitative estimate of drug-likeness (QED) is 0.400. The molecule has 0 radical (unpaired) electrons. The Hall–Kier alpha value is -1.51. The van der Waals surface area contributed by atoms with E-state index in [1.165, 1.54) is 37.7 Å². The fourth-order valence-corrected chi connectivity index (χ4v) is 6.12. The second kappa shape index (κ2) is 8.08. The highest BCUT2D eigenvalue weighted by atomic mass is 16.6. The molecule has 4 bridgehead atoms. The topological polar surface area (TPSA) is 35.5 Å². The van der Waals surface area contributed by atoms with Crippen molar-refractivity contribution in [3.8, 4) is 5.75 Å². The molecule has 5 rings (SSSR count). The highest BCUT2D eigenvalue weighted by Crippen LogP contribution is 2.59. The Morgan fingerprint density at radius 3 is 2.25 bits per heavy atom. The first kappa shape index (κ1) is 19.8. The summed E-state index contributed by atoms with van der Waals surface area (Å²) in [6, 6.07) is 8.36. The molecule has 0 aromatic heterocycles. The second-order valence-corrected chi connectivity index (χ2v) is 9.79. The molecule has 1 unspecified atom stereocenters. The maximum atomic E-state index is 12.5. The van der Waals surface area contributed by atoms with Crippen LogP contribution in [0, 0.1) is 23.7 Å². The third kappa shape index (κ3) is 3.95. The molecule has 0 aliphatic heterocycles. The lowest BCUT2D eigenvalue weighted by molar-refractivity contribution is -0.203. The molecular formula is C25H36O3. The second-order valence-electron chi connectivity index (χ2n) is 9.79. The van der Waals surface area contributed by atoms with Crippen LogP contribution in [0.1, 0.15) is 83.6 Å². The van der Waals surface area contributed by atoms with Crippen LogP contribution in [0.3, 0.4) is 0 Å². The van der Waals surface area contributed by atoms with Gasteiger partial charge in [0.05, 0.1) is 6.61 Å². The van der Waals surface area contributed by atoms with Gasteiger partial charge in [0.25, 0.3) is 0 Å². The van der Waals surface area contributed by atoms with Crippen LogP contribution in [0.25, 0.3) is 0 Å². The van der Waals surface area contributed by atoms with E-state index in [1.807, 2.05) is 12.1 Å². The van der Waals surface area contributed by atoms with Crippen LogP contribution in [0.4, 0.5) is 0 Å². The van der Waals surface area contributed by atoms with Crippen LogP contribution in [0.2, 0.25) is 0 Å². The van der Waals surface area contributed by atoms with Gasteiger partial charge in [-0.15, -0.1) is 0 Å². The summed E-state index contributed by atoms with van der Waals surface area (Å²) < 4.78 is 12.0. The van der Waals surface area contributed by atoms with Crippen molar-refractivity contribution < 1.29 is 14.3 Å². The van der Waals surface area contributed by atoms with Gasteiger partial charge >= 0.3 is 5.97 Å². The van der Waals surface area contributed by atoms with Crippen molar-refractivity contribution in [2.24, 2.45) is 23.7 Å².